The van der Waals surface area contributed by atoms with Gasteiger partial charge in [-0.1, -0.05) is 24.3 Å². The zero-order chi connectivity index (χ0) is 17.8. The van der Waals surface area contributed by atoms with Crippen molar-refractivity contribution in [2.45, 2.75) is 44.7 Å². The van der Waals surface area contributed by atoms with Crippen LogP contribution in [0.25, 0.3) is 0 Å². The first-order chi connectivity index (χ1) is 12.8. The van der Waals surface area contributed by atoms with Gasteiger partial charge in [0.05, 0.1) is 0 Å². The van der Waals surface area contributed by atoms with E-state index in [9.17, 15) is 4.79 Å². The molecule has 4 heteroatoms. The van der Waals surface area contributed by atoms with E-state index in [0.717, 1.165) is 45.4 Å². The van der Waals surface area contributed by atoms with E-state index >= 15 is 0 Å². The van der Waals surface area contributed by atoms with E-state index in [1.807, 2.05) is 12.1 Å². The molecule has 3 heterocycles. The molecule has 136 valence electrons. The van der Waals surface area contributed by atoms with E-state index in [4.69, 9.17) is 4.74 Å². The highest BCUT2D eigenvalue weighted by Gasteiger charge is 2.35. The average Bonchev–Trinajstić information content (AvgIpc) is 2.72. The van der Waals surface area contributed by atoms with Gasteiger partial charge in [-0.3, -0.25) is 9.78 Å². The van der Waals surface area contributed by atoms with Gasteiger partial charge in [0.2, 0.25) is 5.91 Å². The molecule has 0 bridgehead atoms. The summed E-state index contributed by atoms with van der Waals surface area (Å²) in [5.74, 6) is 0.815. The number of carbonyl (C=O) groups is 1. The van der Waals surface area contributed by atoms with Gasteiger partial charge in [0, 0.05) is 44.6 Å². The first-order valence-electron chi connectivity index (χ1n) is 9.64. The molecule has 26 heavy (non-hydrogen) atoms. The number of amides is 1. The van der Waals surface area contributed by atoms with Crippen molar-refractivity contribution in [3.63, 3.8) is 0 Å². The largest absolute Gasteiger partial charge is 0.381 e. The lowest BCUT2D eigenvalue weighted by atomic mass is 9.82. The molecule has 0 spiro atoms. The molecule has 0 saturated carbocycles. The van der Waals surface area contributed by atoms with Crippen LogP contribution in [0.4, 0.5) is 0 Å². The zero-order valence-corrected chi connectivity index (χ0v) is 15.1. The van der Waals surface area contributed by atoms with Crippen LogP contribution in [0.2, 0.25) is 0 Å². The second-order valence-corrected chi connectivity index (χ2v) is 7.37. The Morgan fingerprint density at radius 3 is 2.58 bits per heavy atom. The van der Waals surface area contributed by atoms with Crippen LogP contribution < -0.4 is 0 Å². The maximum atomic E-state index is 13.1. The molecular formula is C22H26N2O2. The second-order valence-electron chi connectivity index (χ2n) is 7.37. The van der Waals surface area contributed by atoms with Gasteiger partial charge >= 0.3 is 0 Å². The van der Waals surface area contributed by atoms with E-state index in [2.05, 4.69) is 34.1 Å². The number of nitrogens with zero attached hydrogens (tertiary/aromatic N) is 2. The van der Waals surface area contributed by atoms with Crippen molar-refractivity contribution < 1.29 is 9.53 Å². The molecule has 2 aliphatic rings. The number of pyridine rings is 1. The second kappa shape index (κ2) is 8.00. The monoisotopic (exact) mass is 350 g/mol. The van der Waals surface area contributed by atoms with E-state index in [1.54, 1.807) is 12.4 Å². The average molecular weight is 350 g/mol. The van der Waals surface area contributed by atoms with Crippen LogP contribution in [-0.4, -0.2) is 35.0 Å². The third-order valence-electron chi connectivity index (χ3n) is 5.80. The van der Waals surface area contributed by atoms with E-state index in [0.29, 0.717) is 18.4 Å². The van der Waals surface area contributed by atoms with Gasteiger partial charge in [-0.15, -0.1) is 0 Å². The Bertz CT molecular complexity index is 741. The summed E-state index contributed by atoms with van der Waals surface area (Å²) in [6.07, 6.45) is 8.01. The summed E-state index contributed by atoms with van der Waals surface area (Å²) >= 11 is 0. The van der Waals surface area contributed by atoms with Crippen LogP contribution in [0.1, 0.15) is 36.0 Å². The topological polar surface area (TPSA) is 42.4 Å². The van der Waals surface area contributed by atoms with Gasteiger partial charge in [0.1, 0.15) is 0 Å². The van der Waals surface area contributed by atoms with Crippen LogP contribution in [0.5, 0.6) is 0 Å². The summed E-state index contributed by atoms with van der Waals surface area (Å²) in [6, 6.07) is 12.9. The van der Waals surface area contributed by atoms with Crippen LogP contribution in [-0.2, 0) is 28.9 Å². The van der Waals surface area contributed by atoms with Gasteiger partial charge in [-0.2, -0.15) is 0 Å². The molecule has 0 unspecified atom stereocenters. The minimum atomic E-state index is 0.271. The molecule has 1 aromatic heterocycles. The molecule has 1 fully saturated rings. The summed E-state index contributed by atoms with van der Waals surface area (Å²) in [6.45, 7) is 2.39. The lowest BCUT2D eigenvalue weighted by molar-refractivity contribution is -0.137. The van der Waals surface area contributed by atoms with Crippen molar-refractivity contribution in [1.29, 1.82) is 0 Å². The maximum absolute atomic E-state index is 13.1. The van der Waals surface area contributed by atoms with Crippen LogP contribution in [0.15, 0.2) is 48.8 Å². The Morgan fingerprint density at radius 1 is 1.08 bits per heavy atom. The minimum absolute atomic E-state index is 0.271. The Hall–Kier alpha value is -2.20. The Balaban J connectivity index is 1.51. The molecule has 0 aliphatic carbocycles. The molecule has 2 aromatic rings. The highest BCUT2D eigenvalue weighted by atomic mass is 16.5. The smallest absolute Gasteiger partial charge is 0.223 e. The summed E-state index contributed by atoms with van der Waals surface area (Å²) in [4.78, 5) is 19.3. The van der Waals surface area contributed by atoms with Crippen LogP contribution in [0.3, 0.4) is 0 Å². The number of aromatic nitrogens is 1. The molecule has 4 rings (SSSR count). The van der Waals surface area contributed by atoms with E-state index in [1.165, 1.54) is 16.7 Å². The third kappa shape index (κ3) is 3.80. The number of aryl methyl sites for hydroxylation is 1. The Labute approximate surface area is 155 Å². The van der Waals surface area contributed by atoms with Crippen molar-refractivity contribution in [2.24, 2.45) is 5.92 Å². The minimum Gasteiger partial charge on any atom is -0.381 e. The number of hydrogen-bond acceptors (Lipinski definition) is 3. The molecule has 2 aliphatic heterocycles. The summed E-state index contributed by atoms with van der Waals surface area (Å²) in [5, 5.41) is 0. The number of rotatable bonds is 4. The van der Waals surface area contributed by atoms with Gasteiger partial charge in [0.25, 0.3) is 0 Å². The highest BCUT2D eigenvalue weighted by molar-refractivity contribution is 5.77. The molecular weight excluding hydrogens is 324 g/mol. The molecule has 1 saturated heterocycles. The first kappa shape index (κ1) is 17.2. The van der Waals surface area contributed by atoms with E-state index in [-0.39, 0.29) is 5.91 Å². The molecule has 1 atom stereocenters. The Morgan fingerprint density at radius 2 is 1.81 bits per heavy atom. The Kier molecular flexibility index (Phi) is 5.30. The lowest BCUT2D eigenvalue weighted by Crippen LogP contribution is -2.49. The van der Waals surface area contributed by atoms with Gasteiger partial charge in [0.15, 0.2) is 0 Å². The first-order valence-corrected chi connectivity index (χ1v) is 9.64. The number of benzene rings is 1. The zero-order valence-electron chi connectivity index (χ0n) is 15.1. The molecule has 1 amide bonds. The predicted molar refractivity (Wildman–Crippen MR) is 101 cm³/mol. The number of carbonyl (C=O) groups excluding carboxylic acids is 1. The SMILES string of the molecule is O=C(CCc1ccncc1)N1Cc2ccccc2C[C@H]1C1CCOCC1. The standard InChI is InChI=1S/C22H26N2O2/c25-22(6-5-17-7-11-23-12-8-17)24-16-20-4-2-1-3-19(20)15-21(24)18-9-13-26-14-10-18/h1-4,7-8,11-12,18,21H,5-6,9-10,13-16H2/t21-/m0/s1. The maximum Gasteiger partial charge on any atom is 0.223 e. The normalized spacial score (nSPS) is 20.6. The van der Waals surface area contributed by atoms with Crippen molar-refractivity contribution in [2.75, 3.05) is 13.2 Å². The van der Waals surface area contributed by atoms with Gasteiger partial charge in [-0.05, 0) is 60.4 Å². The molecule has 4 nitrogen and oxygen atoms in total. The fourth-order valence-electron chi connectivity index (χ4n) is 4.29. The van der Waals surface area contributed by atoms with Gasteiger partial charge < -0.3 is 9.64 Å². The third-order valence-corrected chi connectivity index (χ3v) is 5.80. The molecule has 0 N–H and O–H groups in total. The van der Waals surface area contributed by atoms with Crippen LogP contribution >= 0.6 is 0 Å². The van der Waals surface area contributed by atoms with Crippen molar-refractivity contribution >= 4 is 5.91 Å². The van der Waals surface area contributed by atoms with Crippen molar-refractivity contribution in [1.82, 2.24) is 9.88 Å². The quantitative estimate of drug-likeness (QED) is 0.849. The molecule has 0 radical (unpaired) electrons. The summed E-state index contributed by atoms with van der Waals surface area (Å²) in [5.41, 5.74) is 3.88. The van der Waals surface area contributed by atoms with Crippen molar-refractivity contribution in [3.05, 3.63) is 65.5 Å². The van der Waals surface area contributed by atoms with Crippen LogP contribution in [0, 0.1) is 5.92 Å². The van der Waals surface area contributed by atoms with Crippen molar-refractivity contribution in [3.8, 4) is 0 Å². The fourth-order valence-corrected chi connectivity index (χ4v) is 4.29. The summed E-state index contributed by atoms with van der Waals surface area (Å²) < 4.78 is 5.55. The van der Waals surface area contributed by atoms with Gasteiger partial charge in [-0.25, -0.2) is 0 Å². The number of fused-ring (bicyclic) bond motifs is 1. The number of ether oxygens (including phenoxy) is 1. The summed E-state index contributed by atoms with van der Waals surface area (Å²) in [7, 11) is 0. The highest BCUT2D eigenvalue weighted by Crippen LogP contribution is 2.32. The lowest BCUT2D eigenvalue weighted by Gasteiger charge is -2.42. The number of hydrogen-bond donors (Lipinski definition) is 0. The predicted octanol–water partition coefficient (Wildman–Crippen LogP) is 3.39. The fraction of sp³-hybridized carbons (Fsp3) is 0.455. The van der Waals surface area contributed by atoms with E-state index < -0.39 is 0 Å². The molecule has 1 aromatic carbocycles.